The molecule has 112 valence electrons. The number of amides is 1. The number of aromatic nitrogens is 1. The third-order valence-corrected chi connectivity index (χ3v) is 3.70. The van der Waals surface area contributed by atoms with Gasteiger partial charge in [-0.05, 0) is 53.5 Å². The summed E-state index contributed by atoms with van der Waals surface area (Å²) in [6.45, 7) is 4.51. The minimum atomic E-state index is -0.273. The van der Waals surface area contributed by atoms with E-state index in [1.54, 1.807) is 24.1 Å². The first-order valence-corrected chi connectivity index (χ1v) is 7.55. The maximum absolute atomic E-state index is 12.9. The fraction of sp³-hybridized carbons (Fsp3) is 0.312. The Bertz CT molecular complexity index is 634. The normalized spacial score (nSPS) is 11.0. The average molecular weight is 353 g/mol. The summed E-state index contributed by atoms with van der Waals surface area (Å²) in [4.78, 5) is 14.2. The number of nitrogens with zero attached hydrogens (tertiary/aromatic N) is 2. The second kappa shape index (κ2) is 6.43. The van der Waals surface area contributed by atoms with Gasteiger partial charge in [0.15, 0.2) is 0 Å². The van der Waals surface area contributed by atoms with Crippen molar-refractivity contribution in [2.45, 2.75) is 26.4 Å². The predicted octanol–water partition coefficient (Wildman–Crippen LogP) is 4.24. The molecule has 1 amide bonds. The molecule has 0 aliphatic carbocycles. The molecule has 21 heavy (non-hydrogen) atoms. The van der Waals surface area contributed by atoms with Crippen molar-refractivity contribution >= 4 is 21.8 Å². The van der Waals surface area contributed by atoms with Crippen molar-refractivity contribution in [2.75, 3.05) is 7.05 Å². The number of carbonyl (C=O) groups excluding carboxylic acids is 1. The van der Waals surface area contributed by atoms with E-state index in [1.807, 2.05) is 30.7 Å². The number of halogens is 2. The smallest absolute Gasteiger partial charge is 0.270 e. The third-order valence-electron chi connectivity index (χ3n) is 3.27. The van der Waals surface area contributed by atoms with Gasteiger partial charge in [-0.2, -0.15) is 0 Å². The highest BCUT2D eigenvalue weighted by atomic mass is 79.9. The minimum Gasteiger partial charge on any atom is -0.340 e. The van der Waals surface area contributed by atoms with Crippen molar-refractivity contribution in [3.63, 3.8) is 0 Å². The lowest BCUT2D eigenvalue weighted by Crippen LogP contribution is -2.28. The van der Waals surface area contributed by atoms with Crippen LogP contribution in [0.15, 0.2) is 41.0 Å². The van der Waals surface area contributed by atoms with E-state index in [1.165, 1.54) is 12.1 Å². The third kappa shape index (κ3) is 3.73. The van der Waals surface area contributed by atoms with Crippen molar-refractivity contribution in [3.8, 4) is 0 Å². The zero-order valence-corrected chi connectivity index (χ0v) is 13.9. The monoisotopic (exact) mass is 352 g/mol. The lowest BCUT2D eigenvalue weighted by atomic mass is 10.2. The first-order valence-electron chi connectivity index (χ1n) is 6.75. The molecule has 0 fully saturated rings. The molecule has 0 aliphatic rings. The standard InChI is InChI=1S/C16H18BrFN2O/c1-11(2)20-10-13(17)8-15(20)16(21)19(3)9-12-4-6-14(18)7-5-12/h4-8,10-11H,9H2,1-3H3. The Kier molecular flexibility index (Phi) is 4.83. The molecular weight excluding hydrogens is 335 g/mol. The Balaban J connectivity index is 2.17. The average Bonchev–Trinajstić information content (AvgIpc) is 2.82. The topological polar surface area (TPSA) is 25.2 Å². The number of carbonyl (C=O) groups is 1. The first kappa shape index (κ1) is 15.8. The summed E-state index contributed by atoms with van der Waals surface area (Å²) in [5, 5.41) is 0. The van der Waals surface area contributed by atoms with Crippen LogP contribution in [0.5, 0.6) is 0 Å². The highest BCUT2D eigenvalue weighted by Gasteiger charge is 2.18. The number of benzene rings is 1. The Morgan fingerprint density at radius 3 is 2.52 bits per heavy atom. The van der Waals surface area contributed by atoms with Crippen molar-refractivity contribution in [1.29, 1.82) is 0 Å². The molecule has 0 N–H and O–H groups in total. The molecule has 0 aliphatic heterocycles. The summed E-state index contributed by atoms with van der Waals surface area (Å²) in [5.41, 5.74) is 1.54. The van der Waals surface area contributed by atoms with Crippen molar-refractivity contribution in [1.82, 2.24) is 9.47 Å². The molecule has 0 unspecified atom stereocenters. The number of rotatable bonds is 4. The Labute approximate surface area is 132 Å². The van der Waals surface area contributed by atoms with Crippen LogP contribution >= 0.6 is 15.9 Å². The van der Waals surface area contributed by atoms with Gasteiger partial charge < -0.3 is 9.47 Å². The van der Waals surface area contributed by atoms with Crippen LogP contribution in [0.25, 0.3) is 0 Å². The van der Waals surface area contributed by atoms with Gasteiger partial charge in [0.2, 0.25) is 0 Å². The SMILES string of the molecule is CC(C)n1cc(Br)cc1C(=O)N(C)Cc1ccc(F)cc1. The van der Waals surface area contributed by atoms with Crippen molar-refractivity contribution in [3.05, 3.63) is 58.1 Å². The van der Waals surface area contributed by atoms with E-state index in [2.05, 4.69) is 15.9 Å². The Morgan fingerprint density at radius 1 is 1.33 bits per heavy atom. The second-order valence-corrected chi connectivity index (χ2v) is 6.25. The highest BCUT2D eigenvalue weighted by molar-refractivity contribution is 9.10. The fourth-order valence-electron chi connectivity index (χ4n) is 2.18. The van der Waals surface area contributed by atoms with Crippen LogP contribution in [0.2, 0.25) is 0 Å². The number of hydrogen-bond acceptors (Lipinski definition) is 1. The van der Waals surface area contributed by atoms with Gasteiger partial charge in [0.1, 0.15) is 11.5 Å². The summed E-state index contributed by atoms with van der Waals surface area (Å²) in [6, 6.07) is 8.22. The van der Waals surface area contributed by atoms with Crippen LogP contribution < -0.4 is 0 Å². The maximum Gasteiger partial charge on any atom is 0.270 e. The van der Waals surface area contributed by atoms with Gasteiger partial charge in [0.05, 0.1) is 0 Å². The number of hydrogen-bond donors (Lipinski definition) is 0. The zero-order valence-electron chi connectivity index (χ0n) is 12.3. The van der Waals surface area contributed by atoms with Gasteiger partial charge in [0.25, 0.3) is 5.91 Å². The van der Waals surface area contributed by atoms with Crippen molar-refractivity contribution < 1.29 is 9.18 Å². The molecule has 0 atom stereocenters. The summed E-state index contributed by atoms with van der Waals surface area (Å²) in [7, 11) is 1.75. The molecule has 2 aromatic rings. The van der Waals surface area contributed by atoms with Gasteiger partial charge in [-0.3, -0.25) is 4.79 Å². The van der Waals surface area contributed by atoms with Gasteiger partial charge >= 0.3 is 0 Å². The lowest BCUT2D eigenvalue weighted by Gasteiger charge is -2.20. The van der Waals surface area contributed by atoms with Crippen LogP contribution in [0.3, 0.4) is 0 Å². The van der Waals surface area contributed by atoms with Crippen LogP contribution in [-0.2, 0) is 6.54 Å². The Morgan fingerprint density at radius 2 is 1.95 bits per heavy atom. The molecule has 0 bridgehead atoms. The molecule has 1 heterocycles. The molecule has 2 rings (SSSR count). The van der Waals surface area contributed by atoms with E-state index < -0.39 is 0 Å². The summed E-state index contributed by atoms with van der Waals surface area (Å²) in [6.07, 6.45) is 1.91. The van der Waals surface area contributed by atoms with Gasteiger partial charge in [0, 0.05) is 30.3 Å². The highest BCUT2D eigenvalue weighted by Crippen LogP contribution is 2.21. The van der Waals surface area contributed by atoms with Crippen LogP contribution in [-0.4, -0.2) is 22.4 Å². The van der Waals surface area contributed by atoms with Gasteiger partial charge in [-0.15, -0.1) is 0 Å². The molecule has 1 aromatic heterocycles. The van der Waals surface area contributed by atoms with Gasteiger partial charge in [-0.25, -0.2) is 4.39 Å². The fourth-order valence-corrected chi connectivity index (χ4v) is 2.61. The molecule has 0 saturated carbocycles. The second-order valence-electron chi connectivity index (χ2n) is 5.33. The largest absolute Gasteiger partial charge is 0.340 e. The van der Waals surface area contributed by atoms with E-state index in [-0.39, 0.29) is 17.8 Å². The molecule has 0 spiro atoms. The van der Waals surface area contributed by atoms with E-state index in [0.29, 0.717) is 12.2 Å². The van der Waals surface area contributed by atoms with Crippen molar-refractivity contribution in [2.24, 2.45) is 0 Å². The van der Waals surface area contributed by atoms with Crippen LogP contribution in [0.1, 0.15) is 35.9 Å². The molecule has 0 radical (unpaired) electrons. The summed E-state index contributed by atoms with van der Waals surface area (Å²) in [5.74, 6) is -0.330. The molecule has 1 aromatic carbocycles. The van der Waals surface area contributed by atoms with E-state index in [0.717, 1.165) is 10.0 Å². The molecule has 0 saturated heterocycles. The van der Waals surface area contributed by atoms with Crippen LogP contribution in [0.4, 0.5) is 4.39 Å². The van der Waals surface area contributed by atoms with Crippen LogP contribution in [0, 0.1) is 5.82 Å². The molecule has 3 nitrogen and oxygen atoms in total. The van der Waals surface area contributed by atoms with E-state index in [9.17, 15) is 9.18 Å². The zero-order chi connectivity index (χ0) is 15.6. The predicted molar refractivity (Wildman–Crippen MR) is 84.7 cm³/mol. The lowest BCUT2D eigenvalue weighted by molar-refractivity contribution is 0.0772. The van der Waals surface area contributed by atoms with Gasteiger partial charge in [-0.1, -0.05) is 12.1 Å². The maximum atomic E-state index is 12.9. The first-order chi connectivity index (χ1) is 9.88. The quantitative estimate of drug-likeness (QED) is 0.807. The minimum absolute atomic E-state index is 0.0567. The molecular formula is C16H18BrFN2O. The summed E-state index contributed by atoms with van der Waals surface area (Å²) < 4.78 is 15.7. The van der Waals surface area contributed by atoms with E-state index in [4.69, 9.17) is 0 Å². The van der Waals surface area contributed by atoms with E-state index >= 15 is 0 Å². The molecule has 5 heteroatoms. The Hall–Kier alpha value is -1.62. The summed E-state index contributed by atoms with van der Waals surface area (Å²) >= 11 is 3.41.